The summed E-state index contributed by atoms with van der Waals surface area (Å²) in [4.78, 5) is 23.0. The molecule has 0 aliphatic heterocycles. The van der Waals surface area contributed by atoms with E-state index in [1.54, 1.807) is 0 Å². The van der Waals surface area contributed by atoms with Gasteiger partial charge in [0, 0.05) is 20.2 Å². The van der Waals surface area contributed by atoms with Gasteiger partial charge in [-0.15, -0.1) is 6.58 Å². The number of methoxy groups -OCH3 is 1. The Bertz CT molecular complexity index is 230. The van der Waals surface area contributed by atoms with Crippen molar-refractivity contribution in [1.82, 2.24) is 10.2 Å². The van der Waals surface area contributed by atoms with Crippen LogP contribution in [0.3, 0.4) is 0 Å². The minimum atomic E-state index is -1.06. The summed E-state index contributed by atoms with van der Waals surface area (Å²) >= 11 is 0. The van der Waals surface area contributed by atoms with Gasteiger partial charge in [0.25, 0.3) is 0 Å². The maximum Gasteiger partial charge on any atom is 0.323 e. The van der Waals surface area contributed by atoms with Crippen LogP contribution in [-0.2, 0) is 9.53 Å². The molecule has 6 heteroatoms. The predicted octanol–water partition coefficient (Wildman–Crippen LogP) is -0.0850. The molecule has 0 unspecified atom stereocenters. The summed E-state index contributed by atoms with van der Waals surface area (Å²) in [6, 6.07) is -0.436. The van der Waals surface area contributed by atoms with E-state index in [-0.39, 0.29) is 13.1 Å². The minimum Gasteiger partial charge on any atom is -0.480 e. The van der Waals surface area contributed by atoms with Gasteiger partial charge in [0.15, 0.2) is 0 Å². The van der Waals surface area contributed by atoms with Gasteiger partial charge in [0.1, 0.15) is 6.54 Å². The van der Waals surface area contributed by atoms with Gasteiger partial charge < -0.3 is 20.1 Å². The number of carbonyl (C=O) groups is 2. The molecule has 0 spiro atoms. The number of aliphatic carboxylic acids is 1. The second-order valence-corrected chi connectivity index (χ2v) is 2.78. The predicted molar refractivity (Wildman–Crippen MR) is 54.7 cm³/mol. The van der Waals surface area contributed by atoms with Crippen LogP contribution in [0, 0.1) is 0 Å². The first-order chi connectivity index (χ1) is 7.11. The smallest absolute Gasteiger partial charge is 0.323 e. The fourth-order valence-corrected chi connectivity index (χ4v) is 0.888. The number of carboxylic acids is 1. The molecule has 0 aromatic carbocycles. The van der Waals surface area contributed by atoms with Crippen LogP contribution >= 0.6 is 0 Å². The van der Waals surface area contributed by atoms with Crippen molar-refractivity contribution < 1.29 is 19.4 Å². The molecule has 0 radical (unpaired) electrons. The molecule has 0 saturated carbocycles. The number of nitrogens with one attached hydrogen (secondary N) is 1. The molecule has 0 atom stereocenters. The summed E-state index contributed by atoms with van der Waals surface area (Å²) in [6.45, 7) is 3.95. The Kier molecular flexibility index (Phi) is 7.00. The summed E-state index contributed by atoms with van der Waals surface area (Å²) in [5, 5.41) is 11.1. The molecule has 0 heterocycles. The van der Waals surface area contributed by atoms with Crippen molar-refractivity contribution >= 4 is 12.0 Å². The SMILES string of the molecule is C=CCNC(=O)N(CCOC)CC(=O)O. The molecule has 0 fully saturated rings. The number of amides is 2. The summed E-state index contributed by atoms with van der Waals surface area (Å²) in [7, 11) is 1.49. The third kappa shape index (κ3) is 6.50. The Morgan fingerprint density at radius 2 is 2.27 bits per heavy atom. The molecule has 2 amide bonds. The number of carboxylic acid groups (broad SMARTS) is 1. The highest BCUT2D eigenvalue weighted by molar-refractivity contribution is 5.80. The lowest BCUT2D eigenvalue weighted by atomic mass is 10.5. The maximum atomic E-state index is 11.4. The first-order valence-corrected chi connectivity index (χ1v) is 4.46. The quantitative estimate of drug-likeness (QED) is 0.583. The van der Waals surface area contributed by atoms with Gasteiger partial charge in [-0.2, -0.15) is 0 Å². The van der Waals surface area contributed by atoms with Crippen molar-refractivity contribution in [3.63, 3.8) is 0 Å². The monoisotopic (exact) mass is 216 g/mol. The third-order valence-corrected chi connectivity index (χ3v) is 1.58. The van der Waals surface area contributed by atoms with Crippen molar-refractivity contribution in [2.75, 3.05) is 33.4 Å². The van der Waals surface area contributed by atoms with Crippen LogP contribution in [0.1, 0.15) is 0 Å². The Labute approximate surface area is 88.5 Å². The fourth-order valence-electron chi connectivity index (χ4n) is 0.888. The van der Waals surface area contributed by atoms with E-state index < -0.39 is 12.0 Å². The Morgan fingerprint density at radius 1 is 1.60 bits per heavy atom. The maximum absolute atomic E-state index is 11.4. The van der Waals surface area contributed by atoms with Crippen LogP contribution in [0.25, 0.3) is 0 Å². The summed E-state index contributed by atoms with van der Waals surface area (Å²) in [6.07, 6.45) is 1.52. The van der Waals surface area contributed by atoms with E-state index in [2.05, 4.69) is 11.9 Å². The minimum absolute atomic E-state index is 0.242. The molecule has 0 aromatic heterocycles. The molecule has 0 aliphatic carbocycles. The number of hydrogen-bond donors (Lipinski definition) is 2. The number of urea groups is 1. The average Bonchev–Trinajstić information content (AvgIpc) is 2.20. The van der Waals surface area contributed by atoms with Crippen LogP contribution in [0.2, 0.25) is 0 Å². The lowest BCUT2D eigenvalue weighted by Crippen LogP contribution is -2.44. The first-order valence-electron chi connectivity index (χ1n) is 4.46. The number of hydrogen-bond acceptors (Lipinski definition) is 3. The zero-order valence-corrected chi connectivity index (χ0v) is 8.73. The first kappa shape index (κ1) is 13.4. The number of rotatable bonds is 7. The average molecular weight is 216 g/mol. The van der Waals surface area contributed by atoms with Crippen molar-refractivity contribution in [3.8, 4) is 0 Å². The lowest BCUT2D eigenvalue weighted by Gasteiger charge is -2.20. The van der Waals surface area contributed by atoms with Crippen LogP contribution in [0.4, 0.5) is 4.79 Å². The highest BCUT2D eigenvalue weighted by Gasteiger charge is 2.15. The normalized spacial score (nSPS) is 9.40. The van der Waals surface area contributed by atoms with E-state index in [0.29, 0.717) is 13.2 Å². The van der Waals surface area contributed by atoms with E-state index in [1.807, 2.05) is 0 Å². The second kappa shape index (κ2) is 7.81. The third-order valence-electron chi connectivity index (χ3n) is 1.58. The van der Waals surface area contributed by atoms with Gasteiger partial charge in [-0.25, -0.2) is 4.79 Å². The van der Waals surface area contributed by atoms with E-state index in [9.17, 15) is 9.59 Å². The molecule has 86 valence electrons. The molecule has 0 saturated heterocycles. The van der Waals surface area contributed by atoms with Gasteiger partial charge in [0.2, 0.25) is 0 Å². The molecule has 6 nitrogen and oxygen atoms in total. The van der Waals surface area contributed by atoms with Gasteiger partial charge in [-0.1, -0.05) is 6.08 Å². The molecule has 0 aromatic rings. The zero-order chi connectivity index (χ0) is 11.7. The number of carbonyl (C=O) groups excluding carboxylic acids is 1. The van der Waals surface area contributed by atoms with Gasteiger partial charge in [-0.05, 0) is 0 Å². The van der Waals surface area contributed by atoms with Gasteiger partial charge in [0.05, 0.1) is 6.61 Å². The zero-order valence-electron chi connectivity index (χ0n) is 8.73. The highest BCUT2D eigenvalue weighted by atomic mass is 16.5. The molecule has 15 heavy (non-hydrogen) atoms. The topological polar surface area (TPSA) is 78.9 Å². The molecular weight excluding hydrogens is 200 g/mol. The van der Waals surface area contributed by atoms with Crippen molar-refractivity contribution in [2.45, 2.75) is 0 Å². The molecule has 0 aliphatic rings. The molecular formula is C9H16N2O4. The lowest BCUT2D eigenvalue weighted by molar-refractivity contribution is -0.137. The summed E-state index contributed by atoms with van der Waals surface area (Å²) < 4.78 is 4.77. The molecule has 0 rings (SSSR count). The standard InChI is InChI=1S/C9H16N2O4/c1-3-4-10-9(14)11(5-6-15-2)7-8(12)13/h3H,1,4-7H2,2H3,(H,10,14)(H,12,13). The van der Waals surface area contributed by atoms with Crippen molar-refractivity contribution in [3.05, 3.63) is 12.7 Å². The largest absolute Gasteiger partial charge is 0.480 e. The van der Waals surface area contributed by atoms with Crippen LogP contribution in [0.5, 0.6) is 0 Å². The van der Waals surface area contributed by atoms with E-state index in [4.69, 9.17) is 9.84 Å². The van der Waals surface area contributed by atoms with Crippen molar-refractivity contribution in [2.24, 2.45) is 0 Å². The van der Waals surface area contributed by atoms with Crippen molar-refractivity contribution in [1.29, 1.82) is 0 Å². The van der Waals surface area contributed by atoms with E-state index in [0.717, 1.165) is 4.90 Å². The summed E-state index contributed by atoms with van der Waals surface area (Å²) in [5.74, 6) is -1.06. The van der Waals surface area contributed by atoms with Crippen LogP contribution < -0.4 is 5.32 Å². The number of ether oxygens (including phenoxy) is 1. The van der Waals surface area contributed by atoms with E-state index >= 15 is 0 Å². The highest BCUT2D eigenvalue weighted by Crippen LogP contribution is 1.90. The fraction of sp³-hybridized carbons (Fsp3) is 0.556. The van der Waals surface area contributed by atoms with Gasteiger partial charge >= 0.3 is 12.0 Å². The Balaban J connectivity index is 4.13. The van der Waals surface area contributed by atoms with Crippen LogP contribution in [0.15, 0.2) is 12.7 Å². The Hall–Kier alpha value is -1.56. The van der Waals surface area contributed by atoms with Crippen LogP contribution in [-0.4, -0.2) is 55.4 Å². The second-order valence-electron chi connectivity index (χ2n) is 2.78. The van der Waals surface area contributed by atoms with Gasteiger partial charge in [-0.3, -0.25) is 4.79 Å². The number of nitrogens with zero attached hydrogens (tertiary/aromatic N) is 1. The van der Waals surface area contributed by atoms with E-state index in [1.165, 1.54) is 13.2 Å². The molecule has 2 N–H and O–H groups in total. The summed E-state index contributed by atoms with van der Waals surface area (Å²) in [5.41, 5.74) is 0. The molecule has 0 bridgehead atoms. The Morgan fingerprint density at radius 3 is 2.73 bits per heavy atom.